The minimum Gasteiger partial charge on any atom is -0.368 e. The van der Waals surface area contributed by atoms with E-state index in [4.69, 9.17) is 4.74 Å². The van der Waals surface area contributed by atoms with Crippen molar-refractivity contribution in [1.82, 2.24) is 0 Å². The summed E-state index contributed by atoms with van der Waals surface area (Å²) in [5.74, 6) is 0.225. The van der Waals surface area contributed by atoms with Gasteiger partial charge < -0.3 is 10.1 Å². The highest BCUT2D eigenvalue weighted by atomic mass is 32.2. The Morgan fingerprint density at radius 2 is 2.14 bits per heavy atom. The minimum atomic E-state index is -3.33. The maximum Gasteiger partial charge on any atom is 0.251 e. The molecule has 1 aromatic heterocycles. The van der Waals surface area contributed by atoms with Gasteiger partial charge in [-0.05, 0) is 30.2 Å². The molecule has 1 aliphatic carbocycles. The molecular weight excluding hydrogens is 322 g/mol. The molecule has 0 aliphatic heterocycles. The first-order chi connectivity index (χ1) is 10.4. The normalized spacial score (nSPS) is 22.5. The van der Waals surface area contributed by atoms with Crippen LogP contribution in [0.2, 0.25) is 0 Å². The fourth-order valence-corrected chi connectivity index (χ4v) is 4.97. The van der Waals surface area contributed by atoms with Gasteiger partial charge in [-0.3, -0.25) is 4.79 Å². The first-order valence-corrected chi connectivity index (χ1v) is 10.4. The molecule has 1 amide bonds. The Bertz CT molecular complexity index is 609. The van der Waals surface area contributed by atoms with Gasteiger partial charge in [-0.25, -0.2) is 8.42 Å². The van der Waals surface area contributed by atoms with E-state index >= 15 is 0 Å². The Labute approximate surface area is 136 Å². The van der Waals surface area contributed by atoms with Gasteiger partial charge in [0.05, 0.1) is 6.10 Å². The van der Waals surface area contributed by atoms with Crippen LogP contribution in [-0.4, -0.2) is 33.3 Å². The highest BCUT2D eigenvalue weighted by Crippen LogP contribution is 2.30. The number of sulfone groups is 1. The van der Waals surface area contributed by atoms with Crippen LogP contribution in [0.1, 0.15) is 39.0 Å². The minimum absolute atomic E-state index is 0.0255. The van der Waals surface area contributed by atoms with Crippen LogP contribution in [-0.2, 0) is 19.4 Å². The van der Waals surface area contributed by atoms with Gasteiger partial charge in [-0.2, -0.15) is 0 Å². The number of hydrogen-bond acceptors (Lipinski definition) is 5. The monoisotopic (exact) mass is 345 g/mol. The Morgan fingerprint density at radius 1 is 1.41 bits per heavy atom. The van der Waals surface area contributed by atoms with Crippen LogP contribution in [0, 0.1) is 5.92 Å². The summed E-state index contributed by atoms with van der Waals surface area (Å²) in [5.41, 5.74) is 0. The van der Waals surface area contributed by atoms with E-state index in [0.717, 1.165) is 31.9 Å². The number of hydrogen-bond donors (Lipinski definition) is 1. The Morgan fingerprint density at radius 3 is 2.82 bits per heavy atom. The molecule has 124 valence electrons. The van der Waals surface area contributed by atoms with Gasteiger partial charge in [0, 0.05) is 6.26 Å². The molecule has 2 atom stereocenters. The van der Waals surface area contributed by atoms with Crippen molar-refractivity contribution in [2.24, 2.45) is 5.92 Å². The summed E-state index contributed by atoms with van der Waals surface area (Å²) in [4.78, 5) is 12.2. The molecule has 0 aromatic carbocycles. The van der Waals surface area contributed by atoms with Crippen LogP contribution < -0.4 is 5.32 Å². The molecular formula is C15H23NO4S2. The highest BCUT2D eigenvalue weighted by Gasteiger charge is 2.25. The number of anilines is 1. The molecule has 22 heavy (non-hydrogen) atoms. The second-order valence-corrected chi connectivity index (χ2v) is 8.64. The van der Waals surface area contributed by atoms with Crippen LogP contribution in [0.4, 0.5) is 5.00 Å². The van der Waals surface area contributed by atoms with Crippen molar-refractivity contribution in [2.45, 2.75) is 50.0 Å². The summed E-state index contributed by atoms with van der Waals surface area (Å²) in [6, 6.07) is 1.50. The van der Waals surface area contributed by atoms with Crippen molar-refractivity contribution in [3.05, 3.63) is 11.4 Å². The third kappa shape index (κ3) is 4.54. The number of nitrogens with one attached hydrogen (secondary N) is 1. The Hall–Kier alpha value is -0.920. The topological polar surface area (TPSA) is 72.5 Å². The van der Waals surface area contributed by atoms with Crippen molar-refractivity contribution >= 4 is 32.1 Å². The van der Waals surface area contributed by atoms with E-state index in [2.05, 4.69) is 12.2 Å². The van der Waals surface area contributed by atoms with Crippen molar-refractivity contribution in [1.29, 1.82) is 0 Å². The summed E-state index contributed by atoms with van der Waals surface area (Å²) in [5, 5.41) is 4.67. The fourth-order valence-electron chi connectivity index (χ4n) is 2.89. The number of carbonyl (C=O) groups excluding carboxylic acids is 1. The second-order valence-electron chi connectivity index (χ2n) is 5.74. The maximum absolute atomic E-state index is 12.0. The van der Waals surface area contributed by atoms with Crippen LogP contribution in [0.15, 0.2) is 16.3 Å². The van der Waals surface area contributed by atoms with E-state index in [1.807, 2.05) is 0 Å². The predicted octanol–water partition coefficient (Wildman–Crippen LogP) is 3.08. The van der Waals surface area contributed by atoms with Crippen molar-refractivity contribution in [3.63, 3.8) is 0 Å². The second kappa shape index (κ2) is 7.57. The van der Waals surface area contributed by atoms with Gasteiger partial charge >= 0.3 is 0 Å². The molecule has 1 fully saturated rings. The molecule has 1 N–H and O–H groups in total. The predicted molar refractivity (Wildman–Crippen MR) is 88.0 cm³/mol. The molecule has 1 aromatic rings. The number of ether oxygens (including phenoxy) is 1. The summed E-state index contributed by atoms with van der Waals surface area (Å²) >= 11 is 1.20. The van der Waals surface area contributed by atoms with E-state index in [0.29, 0.717) is 10.9 Å². The van der Waals surface area contributed by atoms with Crippen molar-refractivity contribution in [3.8, 4) is 0 Å². The summed E-state index contributed by atoms with van der Waals surface area (Å²) in [7, 11) is -3.33. The zero-order valence-electron chi connectivity index (χ0n) is 13.0. The third-order valence-corrected chi connectivity index (χ3v) is 6.17. The van der Waals surface area contributed by atoms with Gasteiger partial charge in [0.25, 0.3) is 5.91 Å². The molecule has 0 saturated heterocycles. The zero-order chi connectivity index (χ0) is 16.2. The average molecular weight is 345 g/mol. The molecule has 0 spiro atoms. The van der Waals surface area contributed by atoms with E-state index < -0.39 is 9.84 Å². The van der Waals surface area contributed by atoms with E-state index in [-0.39, 0.29) is 23.5 Å². The molecule has 1 saturated carbocycles. The Balaban J connectivity index is 1.90. The quantitative estimate of drug-likeness (QED) is 0.860. The fraction of sp³-hybridized carbons (Fsp3) is 0.667. The number of rotatable bonds is 6. The molecule has 1 aliphatic rings. The first kappa shape index (κ1) is 17.4. The van der Waals surface area contributed by atoms with Gasteiger partial charge in [0.15, 0.2) is 9.84 Å². The number of thiophene rings is 1. The average Bonchev–Trinajstić information content (AvgIpc) is 2.93. The van der Waals surface area contributed by atoms with Crippen LogP contribution in [0.5, 0.6) is 0 Å². The van der Waals surface area contributed by atoms with Gasteiger partial charge in [-0.15, -0.1) is 11.3 Å². The van der Waals surface area contributed by atoms with Gasteiger partial charge in [-0.1, -0.05) is 26.2 Å². The van der Waals surface area contributed by atoms with Crippen LogP contribution in [0.25, 0.3) is 0 Å². The van der Waals surface area contributed by atoms with E-state index in [1.54, 1.807) is 5.38 Å². The first-order valence-electron chi connectivity index (χ1n) is 7.60. The molecule has 0 radical (unpaired) electrons. The van der Waals surface area contributed by atoms with Gasteiger partial charge in [0.1, 0.15) is 16.5 Å². The smallest absolute Gasteiger partial charge is 0.251 e. The lowest BCUT2D eigenvalue weighted by molar-refractivity contribution is -0.124. The maximum atomic E-state index is 12.0. The number of amides is 1. The lowest BCUT2D eigenvalue weighted by Crippen LogP contribution is -2.31. The standard InChI is InChI=1S/C15H23NO4S2/c1-3-11-6-4-5-7-12(11)20-10-14(17)16-15-13(8-9-21-15)22(2,18)19/h8-9,11-12H,3-7,10H2,1-2H3,(H,16,17)/t11-,12-/m0/s1. The van der Waals surface area contributed by atoms with Gasteiger partial charge in [0.2, 0.25) is 0 Å². The van der Waals surface area contributed by atoms with Crippen LogP contribution in [0.3, 0.4) is 0 Å². The summed E-state index contributed by atoms with van der Waals surface area (Å²) in [6.07, 6.45) is 6.88. The largest absolute Gasteiger partial charge is 0.368 e. The molecule has 0 bridgehead atoms. The molecule has 7 heteroatoms. The third-order valence-electron chi connectivity index (χ3n) is 4.07. The van der Waals surface area contributed by atoms with E-state index in [1.165, 1.54) is 23.8 Å². The van der Waals surface area contributed by atoms with E-state index in [9.17, 15) is 13.2 Å². The lowest BCUT2D eigenvalue weighted by atomic mass is 9.85. The van der Waals surface area contributed by atoms with Crippen LogP contribution >= 0.6 is 11.3 Å². The summed E-state index contributed by atoms with van der Waals surface area (Å²) in [6.45, 7) is 2.12. The molecule has 0 unspecified atom stereocenters. The molecule has 2 rings (SSSR count). The van der Waals surface area contributed by atoms with Crippen molar-refractivity contribution < 1.29 is 17.9 Å². The highest BCUT2D eigenvalue weighted by molar-refractivity contribution is 7.91. The molecule has 5 nitrogen and oxygen atoms in total. The number of carbonyl (C=O) groups is 1. The SMILES string of the molecule is CC[C@H]1CCCC[C@@H]1OCC(=O)Nc1sccc1S(C)(=O)=O. The Kier molecular flexibility index (Phi) is 6.00. The van der Waals surface area contributed by atoms with Crippen molar-refractivity contribution in [2.75, 3.05) is 18.2 Å². The molecule has 1 heterocycles. The zero-order valence-corrected chi connectivity index (χ0v) is 14.6. The summed E-state index contributed by atoms with van der Waals surface area (Å²) < 4.78 is 29.0. The lowest BCUT2D eigenvalue weighted by Gasteiger charge is -2.30.